The molecule has 0 aromatic carbocycles. The van der Waals surface area contributed by atoms with Gasteiger partial charge in [-0.05, 0) is 20.8 Å². The summed E-state index contributed by atoms with van der Waals surface area (Å²) in [5.74, 6) is -0.907. The standard InChI is InChI=1S/C9H12F3N3/c1-5(2)13-7-4-6(3)14-8(15-7)9(10,11)12/h4-5H,1-3H3,(H,13,14,15). The first kappa shape index (κ1) is 11.7. The molecule has 1 aromatic heterocycles. The topological polar surface area (TPSA) is 37.8 Å². The second-order valence-electron chi connectivity index (χ2n) is 3.51. The number of hydrogen-bond donors (Lipinski definition) is 1. The molecule has 3 nitrogen and oxygen atoms in total. The number of alkyl halides is 3. The molecule has 0 saturated heterocycles. The Morgan fingerprint density at radius 3 is 2.33 bits per heavy atom. The van der Waals surface area contributed by atoms with Gasteiger partial charge in [0.25, 0.3) is 0 Å². The zero-order chi connectivity index (χ0) is 11.6. The van der Waals surface area contributed by atoms with Crippen molar-refractivity contribution in [3.05, 3.63) is 17.6 Å². The molecule has 15 heavy (non-hydrogen) atoms. The zero-order valence-electron chi connectivity index (χ0n) is 8.68. The highest BCUT2D eigenvalue weighted by molar-refractivity contribution is 5.36. The molecule has 0 aliphatic carbocycles. The van der Waals surface area contributed by atoms with Gasteiger partial charge in [0.1, 0.15) is 5.82 Å². The van der Waals surface area contributed by atoms with Crippen molar-refractivity contribution in [2.45, 2.75) is 33.0 Å². The average Bonchev–Trinajstić information content (AvgIpc) is 1.99. The van der Waals surface area contributed by atoms with Crippen LogP contribution in [0.4, 0.5) is 19.0 Å². The Hall–Kier alpha value is -1.33. The van der Waals surface area contributed by atoms with E-state index in [1.165, 1.54) is 13.0 Å². The molecule has 1 rings (SSSR count). The van der Waals surface area contributed by atoms with Crippen LogP contribution < -0.4 is 5.32 Å². The average molecular weight is 219 g/mol. The van der Waals surface area contributed by atoms with Crippen molar-refractivity contribution in [1.82, 2.24) is 9.97 Å². The molecule has 0 amide bonds. The van der Waals surface area contributed by atoms with Crippen molar-refractivity contribution in [2.75, 3.05) is 5.32 Å². The van der Waals surface area contributed by atoms with E-state index >= 15 is 0 Å². The summed E-state index contributed by atoms with van der Waals surface area (Å²) >= 11 is 0. The van der Waals surface area contributed by atoms with E-state index in [2.05, 4.69) is 15.3 Å². The molecule has 0 unspecified atom stereocenters. The number of anilines is 1. The van der Waals surface area contributed by atoms with E-state index in [1.54, 1.807) is 0 Å². The maximum absolute atomic E-state index is 12.3. The fraction of sp³-hybridized carbons (Fsp3) is 0.556. The third-order valence-electron chi connectivity index (χ3n) is 1.54. The molecule has 1 aromatic rings. The Labute approximate surface area is 85.7 Å². The lowest BCUT2D eigenvalue weighted by atomic mass is 10.3. The van der Waals surface area contributed by atoms with E-state index in [0.29, 0.717) is 5.69 Å². The lowest BCUT2D eigenvalue weighted by Gasteiger charge is -2.12. The molecule has 6 heteroatoms. The van der Waals surface area contributed by atoms with Gasteiger partial charge in [-0.3, -0.25) is 0 Å². The summed E-state index contributed by atoms with van der Waals surface area (Å²) < 4.78 is 37.0. The van der Waals surface area contributed by atoms with Crippen LogP contribution >= 0.6 is 0 Å². The maximum atomic E-state index is 12.3. The van der Waals surface area contributed by atoms with Crippen molar-refractivity contribution < 1.29 is 13.2 Å². The monoisotopic (exact) mass is 219 g/mol. The molecule has 0 radical (unpaired) electrons. The predicted octanol–water partition coefficient (Wildman–Crippen LogP) is 2.62. The van der Waals surface area contributed by atoms with Crippen LogP contribution in [0.25, 0.3) is 0 Å². The number of nitrogens with one attached hydrogen (secondary N) is 1. The Morgan fingerprint density at radius 1 is 1.27 bits per heavy atom. The molecule has 0 saturated carbocycles. The van der Waals surface area contributed by atoms with Gasteiger partial charge < -0.3 is 5.32 Å². The van der Waals surface area contributed by atoms with Crippen LogP contribution in [0.2, 0.25) is 0 Å². The molecule has 84 valence electrons. The van der Waals surface area contributed by atoms with E-state index in [0.717, 1.165) is 0 Å². The summed E-state index contributed by atoms with van der Waals surface area (Å²) in [6.45, 7) is 5.15. The molecular formula is C9H12F3N3. The molecule has 0 aliphatic heterocycles. The summed E-state index contributed by atoms with van der Waals surface area (Å²) in [4.78, 5) is 6.73. The lowest BCUT2D eigenvalue weighted by molar-refractivity contribution is -0.145. The van der Waals surface area contributed by atoms with Crippen LogP contribution in [0.15, 0.2) is 6.07 Å². The van der Waals surface area contributed by atoms with E-state index in [-0.39, 0.29) is 11.9 Å². The van der Waals surface area contributed by atoms with Gasteiger partial charge in [-0.15, -0.1) is 0 Å². The number of aromatic nitrogens is 2. The van der Waals surface area contributed by atoms with E-state index in [9.17, 15) is 13.2 Å². The van der Waals surface area contributed by atoms with E-state index in [4.69, 9.17) is 0 Å². The first-order valence-corrected chi connectivity index (χ1v) is 4.48. The number of halogens is 3. The van der Waals surface area contributed by atoms with Crippen molar-refractivity contribution >= 4 is 5.82 Å². The third kappa shape index (κ3) is 3.38. The highest BCUT2D eigenvalue weighted by Crippen LogP contribution is 2.27. The molecule has 0 spiro atoms. The Kier molecular flexibility index (Phi) is 3.16. The van der Waals surface area contributed by atoms with Crippen LogP contribution in [0.5, 0.6) is 0 Å². The summed E-state index contributed by atoms with van der Waals surface area (Å²) in [5.41, 5.74) is 0.292. The summed E-state index contributed by atoms with van der Waals surface area (Å²) in [6, 6.07) is 1.51. The summed E-state index contributed by atoms with van der Waals surface area (Å²) in [6.07, 6.45) is -4.50. The minimum atomic E-state index is -4.50. The van der Waals surface area contributed by atoms with Crippen LogP contribution in [0.3, 0.4) is 0 Å². The van der Waals surface area contributed by atoms with E-state index in [1.807, 2.05) is 13.8 Å². The molecule has 0 fully saturated rings. The molecule has 0 atom stereocenters. The SMILES string of the molecule is Cc1cc(NC(C)C)nc(C(F)(F)F)n1. The fourth-order valence-electron chi connectivity index (χ4n) is 1.07. The van der Waals surface area contributed by atoms with Crippen LogP contribution in [-0.2, 0) is 6.18 Å². The summed E-state index contributed by atoms with van der Waals surface area (Å²) in [7, 11) is 0. The van der Waals surface area contributed by atoms with Crippen molar-refractivity contribution in [3.63, 3.8) is 0 Å². The first-order valence-electron chi connectivity index (χ1n) is 4.48. The largest absolute Gasteiger partial charge is 0.451 e. The second kappa shape index (κ2) is 4.04. The van der Waals surface area contributed by atoms with Gasteiger partial charge in [0, 0.05) is 17.8 Å². The number of aryl methyl sites for hydroxylation is 1. The second-order valence-corrected chi connectivity index (χ2v) is 3.51. The van der Waals surface area contributed by atoms with Gasteiger partial charge in [0.2, 0.25) is 5.82 Å². The highest BCUT2D eigenvalue weighted by Gasteiger charge is 2.35. The van der Waals surface area contributed by atoms with Gasteiger partial charge >= 0.3 is 6.18 Å². The van der Waals surface area contributed by atoms with Gasteiger partial charge in [0.15, 0.2) is 0 Å². The van der Waals surface area contributed by atoms with Crippen molar-refractivity contribution in [3.8, 4) is 0 Å². The number of nitrogens with zero attached hydrogens (tertiary/aromatic N) is 2. The van der Waals surface area contributed by atoms with Crippen LogP contribution in [0.1, 0.15) is 25.4 Å². The van der Waals surface area contributed by atoms with Gasteiger partial charge in [-0.1, -0.05) is 0 Å². The highest BCUT2D eigenvalue weighted by atomic mass is 19.4. The van der Waals surface area contributed by atoms with Crippen molar-refractivity contribution in [1.29, 1.82) is 0 Å². The molecule has 1 heterocycles. The fourth-order valence-corrected chi connectivity index (χ4v) is 1.07. The van der Waals surface area contributed by atoms with Crippen molar-refractivity contribution in [2.24, 2.45) is 0 Å². The Morgan fingerprint density at radius 2 is 1.87 bits per heavy atom. The zero-order valence-corrected chi connectivity index (χ0v) is 8.68. The molecule has 1 N–H and O–H groups in total. The molecule has 0 bridgehead atoms. The summed E-state index contributed by atoms with van der Waals surface area (Å²) in [5, 5.41) is 2.81. The normalized spacial score (nSPS) is 11.9. The Bertz CT molecular complexity index is 347. The van der Waals surface area contributed by atoms with Crippen LogP contribution in [-0.4, -0.2) is 16.0 Å². The van der Waals surface area contributed by atoms with Crippen LogP contribution in [0, 0.1) is 6.92 Å². The van der Waals surface area contributed by atoms with Gasteiger partial charge in [-0.2, -0.15) is 13.2 Å². The first-order chi connectivity index (χ1) is 6.79. The minimum Gasteiger partial charge on any atom is -0.368 e. The predicted molar refractivity (Wildman–Crippen MR) is 50.5 cm³/mol. The lowest BCUT2D eigenvalue weighted by Crippen LogP contribution is -2.16. The van der Waals surface area contributed by atoms with E-state index < -0.39 is 12.0 Å². The number of hydrogen-bond acceptors (Lipinski definition) is 3. The molecular weight excluding hydrogens is 207 g/mol. The number of rotatable bonds is 2. The Balaban J connectivity index is 3.06. The van der Waals surface area contributed by atoms with Gasteiger partial charge in [0.05, 0.1) is 0 Å². The van der Waals surface area contributed by atoms with Gasteiger partial charge in [-0.25, -0.2) is 9.97 Å². The quantitative estimate of drug-likeness (QED) is 0.830. The minimum absolute atomic E-state index is 0.0281. The smallest absolute Gasteiger partial charge is 0.368 e. The third-order valence-corrected chi connectivity index (χ3v) is 1.54. The maximum Gasteiger partial charge on any atom is 0.451 e. The molecule has 0 aliphatic rings.